The van der Waals surface area contributed by atoms with Gasteiger partial charge < -0.3 is 15.4 Å². The smallest absolute Gasteiger partial charge is 0.250 e. The van der Waals surface area contributed by atoms with E-state index in [1.165, 1.54) is 6.92 Å². The Labute approximate surface area is 241 Å². The van der Waals surface area contributed by atoms with Crippen LogP contribution in [-0.2, 0) is 9.53 Å². The van der Waals surface area contributed by atoms with Crippen LogP contribution in [0.5, 0.6) is 0 Å². The van der Waals surface area contributed by atoms with Crippen LogP contribution in [0.15, 0.2) is 52.1 Å². The molecule has 10 heteroatoms. The van der Waals surface area contributed by atoms with E-state index in [4.69, 9.17) is 21.3 Å². The van der Waals surface area contributed by atoms with E-state index in [2.05, 4.69) is 23.9 Å². The normalized spacial score (nSPS) is 12.6. The summed E-state index contributed by atoms with van der Waals surface area (Å²) in [6.45, 7) is 7.41. The molecule has 3 rings (SSSR count). The molecule has 0 saturated heterocycles. The van der Waals surface area contributed by atoms with Gasteiger partial charge in [0.1, 0.15) is 5.84 Å². The molecule has 0 radical (unpaired) electrons. The first kappa shape index (κ1) is 30.9. The van der Waals surface area contributed by atoms with Gasteiger partial charge in [-0.25, -0.2) is 4.99 Å². The number of nitrogens with two attached hydrogens (primary N) is 1. The van der Waals surface area contributed by atoms with Crippen LogP contribution in [0.1, 0.15) is 67.9 Å². The highest BCUT2D eigenvalue weighted by Gasteiger charge is 2.21. The van der Waals surface area contributed by atoms with Gasteiger partial charge in [0.25, 0.3) is 0 Å². The number of nitrogens with one attached hydrogen (secondary N) is 2. The van der Waals surface area contributed by atoms with E-state index >= 15 is 0 Å². The number of benzene rings is 2. The van der Waals surface area contributed by atoms with Crippen LogP contribution in [0.2, 0.25) is 0 Å². The topological polar surface area (TPSA) is 148 Å². The lowest BCUT2D eigenvalue weighted by molar-refractivity contribution is -0.127. The Morgan fingerprint density at radius 2 is 1.76 bits per heavy atom. The molecule has 2 aromatic carbocycles. The molecule has 0 aliphatic carbocycles. The van der Waals surface area contributed by atoms with Crippen LogP contribution >= 0.6 is 0 Å². The predicted molar refractivity (Wildman–Crippen MR) is 165 cm³/mol. The van der Waals surface area contributed by atoms with Crippen molar-refractivity contribution in [1.29, 1.82) is 10.8 Å². The molecule has 0 fully saturated rings. The van der Waals surface area contributed by atoms with E-state index < -0.39 is 0 Å². The molecule has 1 aliphatic heterocycles. The number of hydrogen-bond donors (Lipinski definition) is 3. The number of hydrazone groups is 1. The first-order chi connectivity index (χ1) is 19.6. The molecule has 41 heavy (non-hydrogen) atoms. The van der Waals surface area contributed by atoms with Crippen LogP contribution in [0.3, 0.4) is 0 Å². The van der Waals surface area contributed by atoms with Gasteiger partial charge in [0.05, 0.1) is 11.9 Å². The third kappa shape index (κ3) is 8.69. The van der Waals surface area contributed by atoms with E-state index in [-0.39, 0.29) is 17.7 Å². The van der Waals surface area contributed by atoms with Crippen LogP contribution in [-0.4, -0.2) is 72.6 Å². The van der Waals surface area contributed by atoms with Gasteiger partial charge in [-0.3, -0.25) is 25.4 Å². The second kappa shape index (κ2) is 14.7. The van der Waals surface area contributed by atoms with Gasteiger partial charge in [-0.1, -0.05) is 38.1 Å². The number of carbonyl (C=O) groups excluding carboxylic acids is 2. The highest BCUT2D eigenvalue weighted by Crippen LogP contribution is 2.32. The fourth-order valence-electron chi connectivity index (χ4n) is 4.46. The molecule has 0 saturated carbocycles. The average molecular weight is 558 g/mol. The third-order valence-electron chi connectivity index (χ3n) is 6.42. The number of aldehydes is 1. The number of rotatable bonds is 12. The molecule has 216 valence electrons. The molecule has 0 spiro atoms. The minimum Gasteiger partial charge on any atom is -0.430 e. The lowest BCUT2D eigenvalue weighted by Crippen LogP contribution is -2.34. The van der Waals surface area contributed by atoms with Crippen molar-refractivity contribution in [3.63, 3.8) is 0 Å². The highest BCUT2D eigenvalue weighted by atomic mass is 16.5. The van der Waals surface area contributed by atoms with E-state index in [1.54, 1.807) is 24.3 Å². The molecule has 0 unspecified atom stereocenters. The van der Waals surface area contributed by atoms with E-state index in [1.807, 2.05) is 41.3 Å². The molecular formula is C31H39N7O3. The summed E-state index contributed by atoms with van der Waals surface area (Å²) in [5.41, 5.74) is 11.3. The van der Waals surface area contributed by atoms with Gasteiger partial charge in [-0.15, -0.1) is 0 Å². The number of carbonyl (C=O) groups is 2. The first-order valence-electron chi connectivity index (χ1n) is 13.8. The van der Waals surface area contributed by atoms with Crippen molar-refractivity contribution in [3.05, 3.63) is 58.7 Å². The maximum Gasteiger partial charge on any atom is 0.250 e. The Kier molecular flexibility index (Phi) is 11.1. The fourth-order valence-corrected chi connectivity index (χ4v) is 4.46. The summed E-state index contributed by atoms with van der Waals surface area (Å²) >= 11 is 0. The summed E-state index contributed by atoms with van der Waals surface area (Å²) in [6, 6.07) is 11.3. The number of nitrogens with zero attached hydrogens (tertiary/aromatic N) is 4. The Morgan fingerprint density at radius 1 is 1.07 bits per heavy atom. The molecule has 1 amide bonds. The van der Waals surface area contributed by atoms with E-state index in [0.29, 0.717) is 60.7 Å². The second-order valence-electron chi connectivity index (χ2n) is 9.93. The summed E-state index contributed by atoms with van der Waals surface area (Å²) < 4.78 is 4.97. The van der Waals surface area contributed by atoms with Gasteiger partial charge in [0.15, 0.2) is 18.1 Å². The quantitative estimate of drug-likeness (QED) is 0.141. The van der Waals surface area contributed by atoms with Crippen molar-refractivity contribution in [3.8, 4) is 11.1 Å². The number of aliphatic imine (C=N–C) groups is 1. The number of ether oxygens (including phenoxy) is 1. The van der Waals surface area contributed by atoms with Crippen LogP contribution in [0, 0.1) is 10.8 Å². The highest BCUT2D eigenvalue weighted by molar-refractivity contribution is 6.05. The molecule has 10 nitrogen and oxygen atoms in total. The lowest BCUT2D eigenvalue weighted by atomic mass is 9.97. The average Bonchev–Trinajstić information content (AvgIpc) is 3.11. The molecule has 1 heterocycles. The van der Waals surface area contributed by atoms with Crippen molar-refractivity contribution in [2.24, 2.45) is 15.8 Å². The Balaban J connectivity index is 1.86. The molecule has 4 N–H and O–H groups in total. The predicted octanol–water partition coefficient (Wildman–Crippen LogP) is 5.24. The van der Waals surface area contributed by atoms with Crippen LogP contribution < -0.4 is 5.73 Å². The summed E-state index contributed by atoms with van der Waals surface area (Å²) in [4.78, 5) is 31.5. The maximum absolute atomic E-state index is 13.3. The largest absolute Gasteiger partial charge is 0.430 e. The summed E-state index contributed by atoms with van der Waals surface area (Å²) in [5, 5.41) is 21.1. The SMILES string of the molecule is CCCN(CCC)C(=O)C1=Cc2ccc(-c3ccc(C=O)c(/C=N\N(C)CCC(=N)OC(C)=N)c3)cc2N=C(N)C1. The van der Waals surface area contributed by atoms with Crippen molar-refractivity contribution in [2.75, 3.05) is 26.7 Å². The first-order valence-corrected chi connectivity index (χ1v) is 13.8. The summed E-state index contributed by atoms with van der Waals surface area (Å²) in [5.74, 6) is 0.341. The zero-order valence-electron chi connectivity index (χ0n) is 24.2. The molecule has 2 aromatic rings. The molecular weight excluding hydrogens is 518 g/mol. The number of hydrogen-bond acceptors (Lipinski definition) is 9. The Hall–Kier alpha value is -4.60. The van der Waals surface area contributed by atoms with E-state index in [0.717, 1.165) is 35.8 Å². The monoisotopic (exact) mass is 557 g/mol. The van der Waals surface area contributed by atoms with Crippen molar-refractivity contribution >= 4 is 47.8 Å². The molecule has 1 aliphatic rings. The Morgan fingerprint density at radius 3 is 2.41 bits per heavy atom. The van der Waals surface area contributed by atoms with Gasteiger partial charge in [-0.2, -0.15) is 5.10 Å². The lowest BCUT2D eigenvalue weighted by Gasteiger charge is -2.22. The van der Waals surface area contributed by atoms with Crippen molar-refractivity contribution < 1.29 is 14.3 Å². The van der Waals surface area contributed by atoms with Crippen molar-refractivity contribution in [1.82, 2.24) is 9.91 Å². The maximum atomic E-state index is 13.3. The molecule has 0 aromatic heterocycles. The number of fused-ring (bicyclic) bond motifs is 1. The Bertz CT molecular complexity index is 1390. The zero-order chi connectivity index (χ0) is 29.9. The molecule has 0 atom stereocenters. The van der Waals surface area contributed by atoms with Crippen LogP contribution in [0.4, 0.5) is 5.69 Å². The van der Waals surface area contributed by atoms with Gasteiger partial charge in [0.2, 0.25) is 5.91 Å². The second-order valence-corrected chi connectivity index (χ2v) is 9.93. The minimum absolute atomic E-state index is 0.00340. The number of amidine groups is 1. The summed E-state index contributed by atoms with van der Waals surface area (Å²) in [7, 11) is 1.76. The van der Waals surface area contributed by atoms with Crippen molar-refractivity contribution in [2.45, 2.75) is 46.5 Å². The zero-order valence-corrected chi connectivity index (χ0v) is 24.2. The van der Waals surface area contributed by atoms with Gasteiger partial charge in [-0.05, 0) is 42.2 Å². The van der Waals surface area contributed by atoms with E-state index in [9.17, 15) is 9.59 Å². The fraction of sp³-hybridized carbons (Fsp3) is 0.355. The summed E-state index contributed by atoms with van der Waals surface area (Å²) in [6.07, 6.45) is 6.65. The number of amides is 1. The van der Waals surface area contributed by atoms with Gasteiger partial charge in [0, 0.05) is 68.7 Å². The van der Waals surface area contributed by atoms with Crippen LogP contribution in [0.25, 0.3) is 17.2 Å². The standard InChI is InChI=1S/C31H39N7O3/c1-5-12-38(13-6-2)31(40)26-16-24-9-7-23(17-28(24)36-29(33)18-26)22-8-10-25(20-39)27(15-22)19-35-37(4)14-11-30(34)41-21(3)32/h7-10,15-17,19-20,32,34H,5-6,11-14,18H2,1-4H3,(H2,33,36)/b32-21?,34-30?,35-19-. The van der Waals surface area contributed by atoms with Gasteiger partial charge >= 0.3 is 0 Å². The minimum atomic E-state index is -0.0321. The molecule has 0 bridgehead atoms. The third-order valence-corrected chi connectivity index (χ3v) is 6.42.